The first-order chi connectivity index (χ1) is 11.6. The molecular formula is C18H17N3O2S. The molecule has 1 heterocycles. The minimum atomic E-state index is -0.917. The lowest BCUT2D eigenvalue weighted by atomic mass is 10.2. The summed E-state index contributed by atoms with van der Waals surface area (Å²) >= 11 is 0. The van der Waals surface area contributed by atoms with Crippen LogP contribution in [0.2, 0.25) is 0 Å². The van der Waals surface area contributed by atoms with Crippen LogP contribution in [0.25, 0.3) is 5.69 Å². The average molecular weight is 339 g/mol. The highest BCUT2D eigenvalue weighted by Gasteiger charge is 2.10. The van der Waals surface area contributed by atoms with Crippen molar-refractivity contribution in [2.24, 2.45) is 0 Å². The number of hydrogen-bond donors (Lipinski definition) is 1. The Hall–Kier alpha value is -2.73. The highest BCUT2D eigenvalue weighted by atomic mass is 32.2. The lowest BCUT2D eigenvalue weighted by Crippen LogP contribution is -2.11. The quantitative estimate of drug-likeness (QED) is 0.777. The summed E-state index contributed by atoms with van der Waals surface area (Å²) in [6.07, 6.45) is 4.88. The van der Waals surface area contributed by atoms with Gasteiger partial charge in [0.1, 0.15) is 0 Å². The number of benzene rings is 2. The molecule has 1 unspecified atom stereocenters. The number of nitrogens with one attached hydrogen (secondary N) is 1. The van der Waals surface area contributed by atoms with Gasteiger partial charge in [0.2, 0.25) is 0 Å². The van der Waals surface area contributed by atoms with E-state index in [9.17, 15) is 9.00 Å². The minimum absolute atomic E-state index is 0.230. The fourth-order valence-corrected chi connectivity index (χ4v) is 2.99. The molecule has 0 saturated carbocycles. The summed E-state index contributed by atoms with van der Waals surface area (Å²) < 4.78 is 13.0. The zero-order valence-corrected chi connectivity index (χ0v) is 14.0. The molecule has 3 aromatic rings. The summed E-state index contributed by atoms with van der Waals surface area (Å²) in [6.45, 7) is 0. The van der Waals surface area contributed by atoms with E-state index in [1.54, 1.807) is 17.1 Å². The SMILES string of the molecule is CS(=O)Cc1cccc(NC(=O)c2cnn(-c3ccccc3)c2)c1. The number of para-hydroxylation sites is 1. The molecule has 0 spiro atoms. The van der Waals surface area contributed by atoms with Crippen molar-refractivity contribution in [2.75, 3.05) is 11.6 Å². The zero-order chi connectivity index (χ0) is 16.9. The van der Waals surface area contributed by atoms with Crippen molar-refractivity contribution in [1.29, 1.82) is 0 Å². The molecule has 1 amide bonds. The van der Waals surface area contributed by atoms with E-state index < -0.39 is 10.8 Å². The van der Waals surface area contributed by atoms with E-state index in [1.807, 2.05) is 54.6 Å². The third-order valence-electron chi connectivity index (χ3n) is 3.42. The van der Waals surface area contributed by atoms with E-state index in [-0.39, 0.29) is 5.91 Å². The number of carbonyl (C=O) groups is 1. The van der Waals surface area contributed by atoms with Crippen LogP contribution in [0.5, 0.6) is 0 Å². The molecule has 2 aromatic carbocycles. The van der Waals surface area contributed by atoms with Gasteiger partial charge in [-0.2, -0.15) is 5.10 Å². The van der Waals surface area contributed by atoms with Crippen molar-refractivity contribution in [3.63, 3.8) is 0 Å². The van der Waals surface area contributed by atoms with Gasteiger partial charge in [0.15, 0.2) is 0 Å². The lowest BCUT2D eigenvalue weighted by Gasteiger charge is -2.06. The molecule has 0 aliphatic carbocycles. The molecule has 0 saturated heterocycles. The summed E-state index contributed by atoms with van der Waals surface area (Å²) in [4.78, 5) is 12.4. The van der Waals surface area contributed by atoms with Crippen LogP contribution in [0.15, 0.2) is 67.0 Å². The summed E-state index contributed by atoms with van der Waals surface area (Å²) in [6, 6.07) is 17.0. The number of rotatable bonds is 5. The van der Waals surface area contributed by atoms with Crippen LogP contribution in [-0.2, 0) is 16.6 Å². The number of nitrogens with zero attached hydrogens (tertiary/aromatic N) is 2. The van der Waals surface area contributed by atoms with Crippen molar-refractivity contribution in [3.05, 3.63) is 78.1 Å². The molecule has 0 bridgehead atoms. The van der Waals surface area contributed by atoms with Crippen molar-refractivity contribution >= 4 is 22.4 Å². The average Bonchev–Trinajstić information content (AvgIpc) is 3.05. The highest BCUT2D eigenvalue weighted by molar-refractivity contribution is 7.83. The predicted molar refractivity (Wildman–Crippen MR) is 95.7 cm³/mol. The Morgan fingerprint density at radius 2 is 1.96 bits per heavy atom. The second-order valence-corrected chi connectivity index (χ2v) is 6.82. The van der Waals surface area contributed by atoms with Crippen LogP contribution in [0, 0.1) is 0 Å². The maximum Gasteiger partial charge on any atom is 0.258 e. The molecule has 0 fully saturated rings. The summed E-state index contributed by atoms with van der Waals surface area (Å²) in [5.41, 5.74) is 2.97. The van der Waals surface area contributed by atoms with Gasteiger partial charge in [0, 0.05) is 34.7 Å². The molecule has 122 valence electrons. The monoisotopic (exact) mass is 339 g/mol. The Morgan fingerprint density at radius 3 is 2.71 bits per heavy atom. The fourth-order valence-electron chi connectivity index (χ4n) is 2.34. The summed E-state index contributed by atoms with van der Waals surface area (Å²) in [5, 5.41) is 7.07. The molecule has 0 radical (unpaired) electrons. The Balaban J connectivity index is 1.74. The number of amides is 1. The molecule has 5 nitrogen and oxygen atoms in total. The highest BCUT2D eigenvalue weighted by Crippen LogP contribution is 2.14. The second kappa shape index (κ2) is 7.23. The maximum absolute atomic E-state index is 12.4. The van der Waals surface area contributed by atoms with E-state index >= 15 is 0 Å². The first-order valence-electron chi connectivity index (χ1n) is 7.42. The van der Waals surface area contributed by atoms with Crippen molar-refractivity contribution in [2.45, 2.75) is 5.75 Å². The standard InChI is InChI=1S/C18H17N3O2S/c1-24(23)13-14-6-5-7-16(10-14)20-18(22)15-11-19-21(12-15)17-8-3-2-4-9-17/h2-12H,13H2,1H3,(H,20,22). The van der Waals surface area contributed by atoms with E-state index in [1.165, 1.54) is 6.20 Å². The largest absolute Gasteiger partial charge is 0.322 e. The van der Waals surface area contributed by atoms with Gasteiger partial charge in [-0.25, -0.2) is 4.68 Å². The molecule has 1 atom stereocenters. The second-order valence-electron chi connectivity index (χ2n) is 5.38. The van der Waals surface area contributed by atoms with Crippen LogP contribution in [-0.4, -0.2) is 26.2 Å². The predicted octanol–water partition coefficient (Wildman–Crippen LogP) is 3.00. The number of aromatic nitrogens is 2. The maximum atomic E-state index is 12.4. The fraction of sp³-hybridized carbons (Fsp3) is 0.111. The van der Waals surface area contributed by atoms with Crippen LogP contribution in [0.3, 0.4) is 0 Å². The van der Waals surface area contributed by atoms with Gasteiger partial charge in [0.25, 0.3) is 5.91 Å². The topological polar surface area (TPSA) is 64.0 Å². The van der Waals surface area contributed by atoms with Gasteiger partial charge < -0.3 is 5.32 Å². The van der Waals surface area contributed by atoms with Gasteiger partial charge in [0.05, 0.1) is 17.4 Å². The van der Waals surface area contributed by atoms with Crippen LogP contribution in [0.4, 0.5) is 5.69 Å². The minimum Gasteiger partial charge on any atom is -0.322 e. The molecule has 6 heteroatoms. The normalized spacial score (nSPS) is 11.9. The van der Waals surface area contributed by atoms with Gasteiger partial charge >= 0.3 is 0 Å². The Kier molecular flexibility index (Phi) is 4.86. The van der Waals surface area contributed by atoms with Gasteiger partial charge in [-0.3, -0.25) is 9.00 Å². The van der Waals surface area contributed by atoms with E-state index in [2.05, 4.69) is 10.4 Å². The molecule has 1 aromatic heterocycles. The van der Waals surface area contributed by atoms with Gasteiger partial charge in [-0.1, -0.05) is 30.3 Å². The third kappa shape index (κ3) is 3.97. The van der Waals surface area contributed by atoms with Crippen molar-refractivity contribution in [1.82, 2.24) is 9.78 Å². The van der Waals surface area contributed by atoms with Crippen molar-refractivity contribution < 1.29 is 9.00 Å². The van der Waals surface area contributed by atoms with Crippen molar-refractivity contribution in [3.8, 4) is 5.69 Å². The molecule has 0 aliphatic rings. The summed E-state index contributed by atoms with van der Waals surface area (Å²) in [7, 11) is -0.917. The van der Waals surface area contributed by atoms with Gasteiger partial charge in [-0.15, -0.1) is 0 Å². The van der Waals surface area contributed by atoms with Gasteiger partial charge in [-0.05, 0) is 29.8 Å². The smallest absolute Gasteiger partial charge is 0.258 e. The molecule has 1 N–H and O–H groups in total. The van der Waals surface area contributed by atoms with Crippen LogP contribution >= 0.6 is 0 Å². The first-order valence-corrected chi connectivity index (χ1v) is 9.15. The first kappa shape index (κ1) is 16.1. The summed E-state index contributed by atoms with van der Waals surface area (Å²) in [5.74, 6) is 0.238. The van der Waals surface area contributed by atoms with E-state index in [4.69, 9.17) is 0 Å². The van der Waals surface area contributed by atoms with Crippen LogP contribution < -0.4 is 5.32 Å². The Bertz CT molecular complexity index is 875. The molecule has 3 rings (SSSR count). The Labute approximate surface area is 142 Å². The van der Waals surface area contributed by atoms with E-state index in [0.29, 0.717) is 17.0 Å². The molecule has 24 heavy (non-hydrogen) atoms. The number of carbonyl (C=O) groups excluding carboxylic acids is 1. The number of hydrogen-bond acceptors (Lipinski definition) is 3. The molecular weight excluding hydrogens is 322 g/mol. The lowest BCUT2D eigenvalue weighted by molar-refractivity contribution is 0.102. The molecule has 0 aliphatic heterocycles. The van der Waals surface area contributed by atoms with Crippen LogP contribution in [0.1, 0.15) is 15.9 Å². The number of anilines is 1. The zero-order valence-electron chi connectivity index (χ0n) is 13.2. The Morgan fingerprint density at radius 1 is 1.17 bits per heavy atom. The third-order valence-corrected chi connectivity index (χ3v) is 4.16. The van der Waals surface area contributed by atoms with E-state index in [0.717, 1.165) is 11.3 Å².